The van der Waals surface area contributed by atoms with Gasteiger partial charge in [-0.15, -0.1) is 0 Å². The van der Waals surface area contributed by atoms with Gasteiger partial charge in [-0.3, -0.25) is 9.59 Å². The summed E-state index contributed by atoms with van der Waals surface area (Å²) in [4.78, 5) is 26.7. The number of aryl methyl sites for hydroxylation is 1. The molecule has 0 aliphatic carbocycles. The number of ether oxygens (including phenoxy) is 2. The van der Waals surface area contributed by atoms with Crippen molar-refractivity contribution in [3.05, 3.63) is 82.9 Å². The zero-order valence-electron chi connectivity index (χ0n) is 21.2. The summed E-state index contributed by atoms with van der Waals surface area (Å²) in [6.45, 7) is 2.36. The second kappa shape index (κ2) is 11.5. The van der Waals surface area contributed by atoms with Crippen molar-refractivity contribution < 1.29 is 45.4 Å². The SMILES string of the molecule is CCc1ccc(OCCCN2C(=O)COc3ccc(NC(=O)c4cc(C(F)(F)F)cc(C(F)(F)F)c4)cc32)cc1. The van der Waals surface area contributed by atoms with Gasteiger partial charge in [-0.2, -0.15) is 26.3 Å². The first-order valence-corrected chi connectivity index (χ1v) is 12.2. The molecule has 4 rings (SSSR count). The van der Waals surface area contributed by atoms with Crippen molar-refractivity contribution in [2.75, 3.05) is 30.0 Å². The molecule has 3 aromatic carbocycles. The molecule has 212 valence electrons. The quantitative estimate of drug-likeness (QED) is 0.243. The van der Waals surface area contributed by atoms with Crippen LogP contribution in [-0.2, 0) is 23.6 Å². The maximum atomic E-state index is 13.2. The molecule has 0 fully saturated rings. The van der Waals surface area contributed by atoms with Gasteiger partial charge in [0.1, 0.15) is 11.5 Å². The second-order valence-electron chi connectivity index (χ2n) is 8.96. The summed E-state index contributed by atoms with van der Waals surface area (Å²) in [5.74, 6) is -0.545. The third-order valence-electron chi connectivity index (χ3n) is 6.14. The standard InChI is InChI=1S/C28H24F6N2O4/c1-2-17-4-7-22(8-5-17)39-11-3-10-36-23-15-21(6-9-24(23)40-16-25(36)37)35-26(38)18-12-19(27(29,30)31)14-20(13-18)28(32,33)34/h4-9,12-15H,2-3,10-11,16H2,1H3,(H,35,38). The highest BCUT2D eigenvalue weighted by molar-refractivity contribution is 6.05. The molecule has 0 bridgehead atoms. The number of anilines is 2. The number of amides is 2. The lowest BCUT2D eigenvalue weighted by Gasteiger charge is -2.30. The van der Waals surface area contributed by atoms with Crippen LogP contribution in [-0.4, -0.2) is 31.6 Å². The van der Waals surface area contributed by atoms with Gasteiger partial charge in [-0.25, -0.2) is 0 Å². The number of halogens is 6. The normalized spacial score (nSPS) is 13.5. The minimum Gasteiger partial charge on any atom is -0.494 e. The number of carbonyl (C=O) groups excluding carboxylic acids is 2. The summed E-state index contributed by atoms with van der Waals surface area (Å²) in [6.07, 6.45) is -8.84. The summed E-state index contributed by atoms with van der Waals surface area (Å²) in [5, 5.41) is 2.31. The zero-order chi connectivity index (χ0) is 29.1. The molecule has 1 aliphatic heterocycles. The van der Waals surface area contributed by atoms with E-state index < -0.39 is 35.0 Å². The van der Waals surface area contributed by atoms with Crippen LogP contribution in [0.4, 0.5) is 37.7 Å². The van der Waals surface area contributed by atoms with Gasteiger partial charge >= 0.3 is 12.4 Å². The Morgan fingerprint density at radius 1 is 0.950 bits per heavy atom. The molecular weight excluding hydrogens is 542 g/mol. The van der Waals surface area contributed by atoms with E-state index in [1.165, 1.54) is 28.7 Å². The number of alkyl halides is 6. The lowest BCUT2D eigenvalue weighted by molar-refractivity contribution is -0.143. The smallest absolute Gasteiger partial charge is 0.416 e. The van der Waals surface area contributed by atoms with Crippen LogP contribution in [0.1, 0.15) is 40.4 Å². The van der Waals surface area contributed by atoms with Crippen LogP contribution < -0.4 is 19.7 Å². The molecule has 0 atom stereocenters. The topological polar surface area (TPSA) is 67.9 Å². The fraction of sp³-hybridized carbons (Fsp3) is 0.286. The minimum absolute atomic E-state index is 0.0466. The summed E-state index contributed by atoms with van der Waals surface area (Å²) < 4.78 is 90.3. The van der Waals surface area contributed by atoms with Crippen molar-refractivity contribution in [1.82, 2.24) is 0 Å². The number of carbonyl (C=O) groups is 2. The Morgan fingerprint density at radius 2 is 1.60 bits per heavy atom. The molecule has 40 heavy (non-hydrogen) atoms. The molecule has 12 heteroatoms. The highest BCUT2D eigenvalue weighted by Crippen LogP contribution is 2.37. The van der Waals surface area contributed by atoms with E-state index in [2.05, 4.69) is 5.32 Å². The lowest BCUT2D eigenvalue weighted by atomic mass is 10.0. The number of rotatable bonds is 8. The van der Waals surface area contributed by atoms with Crippen molar-refractivity contribution in [3.63, 3.8) is 0 Å². The molecule has 0 aromatic heterocycles. The molecule has 1 aliphatic rings. The van der Waals surface area contributed by atoms with E-state index in [9.17, 15) is 35.9 Å². The van der Waals surface area contributed by atoms with E-state index in [1.807, 2.05) is 31.2 Å². The number of hydrogen-bond donors (Lipinski definition) is 1. The Kier molecular flexibility index (Phi) is 8.26. The monoisotopic (exact) mass is 566 g/mol. The Hall–Kier alpha value is -4.22. The maximum absolute atomic E-state index is 13.2. The molecule has 0 spiro atoms. The minimum atomic E-state index is -5.09. The van der Waals surface area contributed by atoms with E-state index in [-0.39, 0.29) is 30.8 Å². The molecule has 1 heterocycles. The summed E-state index contributed by atoms with van der Waals surface area (Å²) in [5.41, 5.74) is -2.53. The first-order valence-electron chi connectivity index (χ1n) is 12.2. The summed E-state index contributed by atoms with van der Waals surface area (Å²) >= 11 is 0. The third kappa shape index (κ3) is 6.85. The van der Waals surface area contributed by atoms with Crippen molar-refractivity contribution >= 4 is 23.2 Å². The molecule has 3 aromatic rings. The number of nitrogens with zero attached hydrogens (tertiary/aromatic N) is 1. The van der Waals surface area contributed by atoms with E-state index in [0.717, 1.165) is 6.42 Å². The van der Waals surface area contributed by atoms with Crippen LogP contribution >= 0.6 is 0 Å². The Balaban J connectivity index is 1.48. The van der Waals surface area contributed by atoms with Crippen LogP contribution in [0.25, 0.3) is 0 Å². The van der Waals surface area contributed by atoms with Crippen LogP contribution in [0.5, 0.6) is 11.5 Å². The fourth-order valence-electron chi connectivity index (χ4n) is 4.05. The Bertz CT molecular complexity index is 1350. The molecule has 1 N–H and O–H groups in total. The van der Waals surface area contributed by atoms with Gasteiger partial charge in [0.2, 0.25) is 0 Å². The van der Waals surface area contributed by atoms with Crippen molar-refractivity contribution in [3.8, 4) is 11.5 Å². The molecule has 0 unspecified atom stereocenters. The Morgan fingerprint density at radius 3 is 2.20 bits per heavy atom. The number of nitrogens with one attached hydrogen (secondary N) is 1. The van der Waals surface area contributed by atoms with Gasteiger partial charge in [0.25, 0.3) is 11.8 Å². The van der Waals surface area contributed by atoms with E-state index in [1.54, 1.807) is 0 Å². The lowest BCUT2D eigenvalue weighted by Crippen LogP contribution is -2.39. The van der Waals surface area contributed by atoms with E-state index in [4.69, 9.17) is 9.47 Å². The average Bonchev–Trinajstić information content (AvgIpc) is 2.91. The predicted octanol–water partition coefficient (Wildman–Crippen LogP) is 6.73. The van der Waals surface area contributed by atoms with Gasteiger partial charge in [0.15, 0.2) is 6.61 Å². The molecule has 2 amide bonds. The molecule has 0 saturated carbocycles. The van der Waals surface area contributed by atoms with Crippen molar-refractivity contribution in [2.24, 2.45) is 0 Å². The van der Waals surface area contributed by atoms with Crippen molar-refractivity contribution in [1.29, 1.82) is 0 Å². The van der Waals surface area contributed by atoms with Crippen LogP contribution in [0.2, 0.25) is 0 Å². The number of fused-ring (bicyclic) bond motifs is 1. The van der Waals surface area contributed by atoms with E-state index in [0.29, 0.717) is 42.3 Å². The van der Waals surface area contributed by atoms with E-state index >= 15 is 0 Å². The highest BCUT2D eigenvalue weighted by Gasteiger charge is 2.37. The first-order chi connectivity index (χ1) is 18.8. The van der Waals surface area contributed by atoms with Gasteiger partial charge < -0.3 is 19.7 Å². The summed E-state index contributed by atoms with van der Waals surface area (Å²) in [7, 11) is 0. The second-order valence-corrected chi connectivity index (χ2v) is 8.96. The fourth-order valence-corrected chi connectivity index (χ4v) is 4.05. The average molecular weight is 566 g/mol. The largest absolute Gasteiger partial charge is 0.494 e. The third-order valence-corrected chi connectivity index (χ3v) is 6.14. The van der Waals surface area contributed by atoms with Crippen LogP contribution in [0, 0.1) is 0 Å². The Labute approximate surface area is 225 Å². The van der Waals surface area contributed by atoms with Crippen LogP contribution in [0.15, 0.2) is 60.7 Å². The highest BCUT2D eigenvalue weighted by atomic mass is 19.4. The molecule has 0 saturated heterocycles. The maximum Gasteiger partial charge on any atom is 0.416 e. The van der Waals surface area contributed by atoms with Gasteiger partial charge in [0, 0.05) is 17.8 Å². The van der Waals surface area contributed by atoms with Crippen molar-refractivity contribution in [2.45, 2.75) is 32.1 Å². The number of benzene rings is 3. The first kappa shape index (κ1) is 28.8. The zero-order valence-corrected chi connectivity index (χ0v) is 21.2. The molecule has 6 nitrogen and oxygen atoms in total. The molecule has 0 radical (unpaired) electrons. The summed E-state index contributed by atoms with van der Waals surface area (Å²) in [6, 6.07) is 12.4. The van der Waals surface area contributed by atoms with Crippen LogP contribution in [0.3, 0.4) is 0 Å². The number of hydrogen-bond acceptors (Lipinski definition) is 4. The van der Waals surface area contributed by atoms with Gasteiger partial charge in [-0.05, 0) is 66.9 Å². The predicted molar refractivity (Wildman–Crippen MR) is 135 cm³/mol. The molecular formula is C28H24F6N2O4. The van der Waals surface area contributed by atoms with Gasteiger partial charge in [0.05, 0.1) is 23.4 Å². The van der Waals surface area contributed by atoms with Gasteiger partial charge in [-0.1, -0.05) is 19.1 Å².